The summed E-state index contributed by atoms with van der Waals surface area (Å²) in [5, 5.41) is 4.71. The summed E-state index contributed by atoms with van der Waals surface area (Å²) in [5.41, 5.74) is 6.37. The van der Waals surface area contributed by atoms with Crippen LogP contribution in [0.25, 0.3) is 17.3 Å². The van der Waals surface area contributed by atoms with Gasteiger partial charge in [0.15, 0.2) is 0 Å². The molecule has 0 radical (unpaired) electrons. The second-order valence-electron chi connectivity index (χ2n) is 11.6. The molecule has 0 bridgehead atoms. The van der Waals surface area contributed by atoms with Crippen LogP contribution in [0.4, 0.5) is 8.78 Å². The van der Waals surface area contributed by atoms with E-state index in [0.29, 0.717) is 5.56 Å². The summed E-state index contributed by atoms with van der Waals surface area (Å²) in [4.78, 5) is 7.19. The molecule has 2 atom stereocenters. The minimum atomic E-state index is -1.37. The van der Waals surface area contributed by atoms with Gasteiger partial charge in [0.2, 0.25) is 0 Å². The molecule has 40 heavy (non-hydrogen) atoms. The molecule has 6 rings (SSSR count). The Balaban J connectivity index is 1.38. The van der Waals surface area contributed by atoms with Gasteiger partial charge in [-0.2, -0.15) is 5.10 Å². The smallest absolute Gasteiger partial charge is 0.130 e. The van der Waals surface area contributed by atoms with Gasteiger partial charge < -0.3 is 0 Å². The molecular weight excluding hydrogens is 502 g/mol. The highest BCUT2D eigenvalue weighted by Gasteiger charge is 2.46. The van der Waals surface area contributed by atoms with E-state index in [-0.39, 0.29) is 17.3 Å². The molecule has 1 fully saturated rings. The first-order valence-electron chi connectivity index (χ1n) is 13.8. The summed E-state index contributed by atoms with van der Waals surface area (Å²) in [6, 6.07) is 20.5. The lowest BCUT2D eigenvalue weighted by molar-refractivity contribution is 0.134. The summed E-state index contributed by atoms with van der Waals surface area (Å²) >= 11 is 0. The minimum Gasteiger partial charge on any atom is -0.295 e. The average molecular weight is 537 g/mol. The molecule has 2 unspecified atom stereocenters. The van der Waals surface area contributed by atoms with Crippen molar-refractivity contribution in [2.45, 2.75) is 45.3 Å². The van der Waals surface area contributed by atoms with Crippen molar-refractivity contribution in [2.24, 2.45) is 5.41 Å². The molecule has 1 saturated heterocycles. The molecule has 4 aromatic rings. The van der Waals surface area contributed by atoms with Crippen molar-refractivity contribution in [2.75, 3.05) is 13.1 Å². The maximum absolute atomic E-state index is 14.5. The van der Waals surface area contributed by atoms with E-state index in [4.69, 9.17) is 5.10 Å². The highest BCUT2D eigenvalue weighted by atomic mass is 19.1. The van der Waals surface area contributed by atoms with Crippen LogP contribution in [-0.2, 0) is 12.1 Å². The zero-order chi connectivity index (χ0) is 28.1. The number of rotatable bonds is 6. The van der Waals surface area contributed by atoms with Crippen molar-refractivity contribution in [1.29, 1.82) is 0 Å². The van der Waals surface area contributed by atoms with Gasteiger partial charge in [-0.25, -0.2) is 13.5 Å². The number of nitrogens with zero attached hydrogens (tertiary/aromatic N) is 4. The number of benzene rings is 2. The third-order valence-corrected chi connectivity index (χ3v) is 8.70. The predicted molar refractivity (Wildman–Crippen MR) is 156 cm³/mol. The van der Waals surface area contributed by atoms with Crippen molar-refractivity contribution in [3.05, 3.63) is 125 Å². The summed E-state index contributed by atoms with van der Waals surface area (Å²) in [6.45, 7) is 11.7. The van der Waals surface area contributed by atoms with E-state index in [2.05, 4.69) is 41.6 Å². The number of piperidine rings is 1. The summed E-state index contributed by atoms with van der Waals surface area (Å²) in [5.74, 6) is -0.265. The standard InChI is InChI=1S/C34H34F2N4/c1-23(31-7-5-6-17-37-31)34-20-26-21-38-40(30-14-12-29(35)13-15-30)32(26)19-28(34)16-18-39(22-34)24(2)25-8-10-27(11-9-25)33(3,4)36/h5-15,17,19,21,24H,1,16,18,20,22H2,2-4H3. The van der Waals surface area contributed by atoms with E-state index < -0.39 is 5.67 Å². The predicted octanol–water partition coefficient (Wildman–Crippen LogP) is 7.72. The van der Waals surface area contributed by atoms with Crippen LogP contribution in [0.1, 0.15) is 61.3 Å². The topological polar surface area (TPSA) is 34.0 Å². The summed E-state index contributed by atoms with van der Waals surface area (Å²) in [6.07, 6.45) is 7.64. The Kier molecular flexibility index (Phi) is 6.54. The average Bonchev–Trinajstić information content (AvgIpc) is 3.37. The second-order valence-corrected chi connectivity index (χ2v) is 11.6. The number of halogens is 2. The van der Waals surface area contributed by atoms with E-state index in [1.165, 1.54) is 23.3 Å². The fourth-order valence-corrected chi connectivity index (χ4v) is 6.25. The fourth-order valence-electron chi connectivity index (χ4n) is 6.25. The largest absolute Gasteiger partial charge is 0.295 e. The number of hydrogen-bond acceptors (Lipinski definition) is 3. The monoisotopic (exact) mass is 536 g/mol. The Morgan fingerprint density at radius 2 is 1.80 bits per heavy atom. The first-order valence-corrected chi connectivity index (χ1v) is 13.8. The first kappa shape index (κ1) is 26.3. The van der Waals surface area contributed by atoms with Crippen molar-refractivity contribution >= 4 is 11.6 Å². The molecule has 2 aromatic heterocycles. The van der Waals surface area contributed by atoms with Crippen LogP contribution >= 0.6 is 0 Å². The van der Waals surface area contributed by atoms with Crippen LogP contribution in [0.3, 0.4) is 0 Å². The van der Waals surface area contributed by atoms with Gasteiger partial charge in [-0.1, -0.05) is 42.5 Å². The molecule has 6 heteroatoms. The van der Waals surface area contributed by atoms with Gasteiger partial charge in [0, 0.05) is 30.7 Å². The second kappa shape index (κ2) is 9.93. The number of likely N-dealkylation sites (tertiary alicyclic amines) is 1. The number of hydrogen-bond donors (Lipinski definition) is 0. The van der Waals surface area contributed by atoms with Gasteiger partial charge in [-0.15, -0.1) is 0 Å². The van der Waals surface area contributed by atoms with Crippen molar-refractivity contribution < 1.29 is 8.78 Å². The Morgan fingerprint density at radius 3 is 2.48 bits per heavy atom. The van der Waals surface area contributed by atoms with Gasteiger partial charge in [-0.3, -0.25) is 9.88 Å². The third-order valence-electron chi connectivity index (χ3n) is 8.70. The van der Waals surface area contributed by atoms with Gasteiger partial charge in [-0.05, 0) is 98.4 Å². The number of pyridine rings is 1. The fraction of sp³-hybridized carbons (Fsp3) is 0.294. The van der Waals surface area contributed by atoms with Crippen molar-refractivity contribution in [3.8, 4) is 5.69 Å². The molecule has 0 amide bonds. The van der Waals surface area contributed by atoms with Crippen molar-refractivity contribution in [1.82, 2.24) is 19.7 Å². The molecule has 204 valence electrons. The molecule has 4 nitrogen and oxygen atoms in total. The van der Waals surface area contributed by atoms with E-state index in [1.54, 1.807) is 26.0 Å². The van der Waals surface area contributed by atoms with E-state index in [9.17, 15) is 8.78 Å². The molecule has 0 N–H and O–H groups in total. The lowest BCUT2D eigenvalue weighted by atomic mass is 9.63. The molecule has 0 spiro atoms. The van der Waals surface area contributed by atoms with Crippen molar-refractivity contribution in [3.63, 3.8) is 0 Å². The van der Waals surface area contributed by atoms with E-state index >= 15 is 0 Å². The van der Waals surface area contributed by atoms with Crippen LogP contribution in [-0.4, -0.2) is 32.8 Å². The van der Waals surface area contributed by atoms with Crippen LogP contribution < -0.4 is 0 Å². The minimum absolute atomic E-state index is 0.148. The van der Waals surface area contributed by atoms with Gasteiger partial charge >= 0.3 is 0 Å². The zero-order valence-corrected chi connectivity index (χ0v) is 23.2. The normalized spacial score (nSPS) is 19.9. The molecule has 0 saturated carbocycles. The third kappa shape index (κ3) is 4.60. The van der Waals surface area contributed by atoms with Gasteiger partial charge in [0.25, 0.3) is 0 Å². The molecule has 2 aliphatic rings. The molecule has 2 aromatic carbocycles. The Morgan fingerprint density at radius 1 is 1.05 bits per heavy atom. The van der Waals surface area contributed by atoms with Gasteiger partial charge in [0.1, 0.15) is 11.5 Å². The number of alkyl halides is 1. The summed E-state index contributed by atoms with van der Waals surface area (Å²) < 4.78 is 30.0. The van der Waals surface area contributed by atoms with Gasteiger partial charge in [0.05, 0.1) is 23.3 Å². The quantitative estimate of drug-likeness (QED) is 0.253. The Labute approximate surface area is 234 Å². The van der Waals surface area contributed by atoms with Crippen LogP contribution in [0.5, 0.6) is 0 Å². The maximum atomic E-state index is 14.5. The number of aromatic nitrogens is 3. The van der Waals surface area contributed by atoms with E-state index in [0.717, 1.165) is 54.1 Å². The zero-order valence-electron chi connectivity index (χ0n) is 23.2. The van der Waals surface area contributed by atoms with E-state index in [1.807, 2.05) is 47.4 Å². The summed E-state index contributed by atoms with van der Waals surface area (Å²) in [7, 11) is 0. The first-order chi connectivity index (χ1) is 19.2. The Hall–Kier alpha value is -3.90. The Bertz CT molecular complexity index is 1560. The highest BCUT2D eigenvalue weighted by Crippen LogP contribution is 2.52. The lowest BCUT2D eigenvalue weighted by Gasteiger charge is -2.49. The van der Waals surface area contributed by atoms with Crippen LogP contribution in [0.2, 0.25) is 0 Å². The molecule has 1 aliphatic heterocycles. The number of fused-ring (bicyclic) bond motifs is 2. The maximum Gasteiger partial charge on any atom is 0.130 e. The van der Waals surface area contributed by atoms with Crippen LogP contribution in [0, 0.1) is 11.2 Å². The molecular formula is C34H34F2N4. The van der Waals surface area contributed by atoms with Crippen LogP contribution in [0.15, 0.2) is 91.3 Å². The lowest BCUT2D eigenvalue weighted by Crippen LogP contribution is -2.48. The highest BCUT2D eigenvalue weighted by molar-refractivity contribution is 5.76. The molecule has 1 aliphatic carbocycles. The SMILES string of the molecule is C=C(c1ccccn1)C12Cc3cnn(-c4ccc(F)cc4)c3C=C1CCN(C(C)c1ccc(C(C)(C)F)cc1)C2. The molecule has 3 heterocycles.